The summed E-state index contributed by atoms with van der Waals surface area (Å²) in [5.74, 6) is -0.363. The number of rotatable bonds is 9. The maximum Gasteiger partial charge on any atom is 0.247 e. The molecule has 2 heterocycles. The molecular formula is C34H35FN4O. The number of amides is 1. The summed E-state index contributed by atoms with van der Waals surface area (Å²) in [4.78, 5) is 24.2. The molecule has 1 aromatic heterocycles. The van der Waals surface area contributed by atoms with Gasteiger partial charge < -0.3 is 9.80 Å². The first-order valence-electron chi connectivity index (χ1n) is 13.8. The normalized spacial score (nSPS) is 14.3. The number of hydrogen-bond donors (Lipinski definition) is 0. The Kier molecular flexibility index (Phi) is 8.99. The lowest BCUT2D eigenvalue weighted by Crippen LogP contribution is -2.46. The fourth-order valence-electron chi connectivity index (χ4n) is 5.23. The Morgan fingerprint density at radius 1 is 0.900 bits per heavy atom. The van der Waals surface area contributed by atoms with Gasteiger partial charge in [0.05, 0.1) is 0 Å². The number of aromatic nitrogens is 1. The zero-order valence-electron chi connectivity index (χ0n) is 22.9. The van der Waals surface area contributed by atoms with Crippen molar-refractivity contribution in [3.8, 4) is 0 Å². The van der Waals surface area contributed by atoms with Crippen LogP contribution in [0.3, 0.4) is 0 Å². The van der Waals surface area contributed by atoms with Crippen LogP contribution in [-0.4, -0.2) is 46.9 Å². The van der Waals surface area contributed by atoms with Gasteiger partial charge in [-0.1, -0.05) is 54.6 Å². The van der Waals surface area contributed by atoms with Gasteiger partial charge in [-0.2, -0.15) is 0 Å². The molecular weight excluding hydrogens is 499 g/mol. The number of nitrogens with zero attached hydrogens (tertiary/aromatic N) is 4. The monoisotopic (exact) mass is 534 g/mol. The number of likely N-dealkylation sites (tertiary alicyclic amines) is 1. The van der Waals surface area contributed by atoms with Crippen LogP contribution in [-0.2, 0) is 17.9 Å². The molecule has 1 amide bonds. The SMILES string of the molecule is CN(c1ccncc1)c1ccc(CN(C(=O)/C=C/c2cccc(F)c2)C2CCN(Cc3ccccc3)CC2)cc1. The third kappa shape index (κ3) is 7.21. The number of carbonyl (C=O) groups is 1. The van der Waals surface area contributed by atoms with Crippen molar-refractivity contribution in [2.24, 2.45) is 0 Å². The van der Waals surface area contributed by atoms with Crippen LogP contribution < -0.4 is 4.90 Å². The molecule has 0 atom stereocenters. The van der Waals surface area contributed by atoms with Crippen LogP contribution in [0.4, 0.5) is 15.8 Å². The summed E-state index contributed by atoms with van der Waals surface area (Å²) in [5, 5.41) is 0. The van der Waals surface area contributed by atoms with E-state index in [0.717, 1.165) is 49.4 Å². The first kappa shape index (κ1) is 27.3. The summed E-state index contributed by atoms with van der Waals surface area (Å²) in [6.07, 6.45) is 8.68. The predicted octanol–water partition coefficient (Wildman–Crippen LogP) is 6.70. The molecule has 0 bridgehead atoms. The predicted molar refractivity (Wildman–Crippen MR) is 159 cm³/mol. The van der Waals surface area contributed by atoms with E-state index in [4.69, 9.17) is 0 Å². The van der Waals surface area contributed by atoms with Crippen LogP contribution in [0.15, 0.2) is 109 Å². The molecule has 3 aromatic carbocycles. The summed E-state index contributed by atoms with van der Waals surface area (Å²) >= 11 is 0. The molecule has 1 aliphatic rings. The third-order valence-electron chi connectivity index (χ3n) is 7.52. The second-order valence-corrected chi connectivity index (χ2v) is 10.3. The molecule has 0 saturated carbocycles. The van der Waals surface area contributed by atoms with E-state index in [1.165, 1.54) is 17.7 Å². The van der Waals surface area contributed by atoms with E-state index in [1.54, 1.807) is 36.7 Å². The van der Waals surface area contributed by atoms with E-state index in [2.05, 4.69) is 63.3 Å². The van der Waals surface area contributed by atoms with E-state index in [1.807, 2.05) is 30.1 Å². The topological polar surface area (TPSA) is 39.7 Å². The van der Waals surface area contributed by atoms with Gasteiger partial charge in [0.1, 0.15) is 5.82 Å². The minimum Gasteiger partial charge on any atom is -0.345 e. The molecule has 0 aliphatic carbocycles. The van der Waals surface area contributed by atoms with Gasteiger partial charge >= 0.3 is 0 Å². The largest absolute Gasteiger partial charge is 0.345 e. The Labute approximate surface area is 236 Å². The van der Waals surface area contributed by atoms with Gasteiger partial charge in [0.2, 0.25) is 5.91 Å². The smallest absolute Gasteiger partial charge is 0.247 e. The highest BCUT2D eigenvalue weighted by molar-refractivity contribution is 5.92. The average Bonchev–Trinajstić information content (AvgIpc) is 3.00. The average molecular weight is 535 g/mol. The number of pyridine rings is 1. The van der Waals surface area contributed by atoms with Gasteiger partial charge in [0, 0.05) is 69.1 Å². The van der Waals surface area contributed by atoms with E-state index < -0.39 is 0 Å². The van der Waals surface area contributed by atoms with E-state index in [-0.39, 0.29) is 17.8 Å². The lowest BCUT2D eigenvalue weighted by Gasteiger charge is -2.38. The fraction of sp³-hybridized carbons (Fsp3) is 0.235. The number of anilines is 2. The highest BCUT2D eigenvalue weighted by atomic mass is 19.1. The number of benzene rings is 3. The second kappa shape index (κ2) is 13.2. The Morgan fingerprint density at radius 3 is 2.30 bits per heavy atom. The van der Waals surface area contributed by atoms with Crippen molar-refractivity contribution in [2.75, 3.05) is 25.0 Å². The van der Waals surface area contributed by atoms with Crippen LogP contribution in [0.5, 0.6) is 0 Å². The first-order chi connectivity index (χ1) is 19.5. The van der Waals surface area contributed by atoms with E-state index >= 15 is 0 Å². The lowest BCUT2D eigenvalue weighted by atomic mass is 10.0. The molecule has 1 saturated heterocycles. The van der Waals surface area contributed by atoms with Crippen molar-refractivity contribution in [1.29, 1.82) is 0 Å². The molecule has 1 aliphatic heterocycles. The summed E-state index contributed by atoms with van der Waals surface area (Å²) in [6.45, 7) is 3.32. The summed E-state index contributed by atoms with van der Waals surface area (Å²) in [7, 11) is 2.03. The molecule has 1 fully saturated rings. The van der Waals surface area contributed by atoms with E-state index in [0.29, 0.717) is 12.1 Å². The number of piperidine rings is 1. The Bertz CT molecular complexity index is 1400. The lowest BCUT2D eigenvalue weighted by molar-refractivity contribution is -0.130. The van der Waals surface area contributed by atoms with Crippen molar-refractivity contribution < 1.29 is 9.18 Å². The minimum absolute atomic E-state index is 0.0521. The fourth-order valence-corrected chi connectivity index (χ4v) is 5.23. The van der Waals surface area contributed by atoms with Crippen LogP contribution >= 0.6 is 0 Å². The van der Waals surface area contributed by atoms with Crippen molar-refractivity contribution >= 4 is 23.4 Å². The minimum atomic E-state index is -0.311. The van der Waals surface area contributed by atoms with Crippen LogP contribution in [0, 0.1) is 5.82 Å². The molecule has 0 N–H and O–H groups in total. The van der Waals surface area contributed by atoms with Crippen LogP contribution in [0.2, 0.25) is 0 Å². The first-order valence-corrected chi connectivity index (χ1v) is 13.8. The van der Waals surface area contributed by atoms with Gasteiger partial charge in [0.25, 0.3) is 0 Å². The second-order valence-electron chi connectivity index (χ2n) is 10.3. The third-order valence-corrected chi connectivity index (χ3v) is 7.52. The molecule has 0 unspecified atom stereocenters. The molecule has 4 aromatic rings. The zero-order valence-corrected chi connectivity index (χ0v) is 22.9. The van der Waals surface area contributed by atoms with Crippen molar-refractivity contribution in [3.63, 3.8) is 0 Å². The molecule has 0 radical (unpaired) electrons. The van der Waals surface area contributed by atoms with E-state index in [9.17, 15) is 9.18 Å². The van der Waals surface area contributed by atoms with Gasteiger partial charge in [0.15, 0.2) is 0 Å². The Balaban J connectivity index is 1.29. The van der Waals surface area contributed by atoms with Crippen molar-refractivity contribution in [3.05, 3.63) is 132 Å². The van der Waals surface area contributed by atoms with Crippen molar-refractivity contribution in [2.45, 2.75) is 32.0 Å². The van der Waals surface area contributed by atoms with Crippen LogP contribution in [0.1, 0.15) is 29.5 Å². The molecule has 6 heteroatoms. The molecule has 5 rings (SSSR count). The number of halogens is 1. The molecule has 5 nitrogen and oxygen atoms in total. The number of hydrogen-bond acceptors (Lipinski definition) is 4. The maximum atomic E-state index is 13.7. The summed E-state index contributed by atoms with van der Waals surface area (Å²) < 4.78 is 13.7. The maximum absolute atomic E-state index is 13.7. The van der Waals surface area contributed by atoms with Gasteiger partial charge in [-0.05, 0) is 72.0 Å². The zero-order chi connectivity index (χ0) is 27.7. The summed E-state index contributed by atoms with van der Waals surface area (Å²) in [5.41, 5.74) is 5.18. The Morgan fingerprint density at radius 2 is 1.60 bits per heavy atom. The van der Waals surface area contributed by atoms with Gasteiger partial charge in [-0.25, -0.2) is 4.39 Å². The van der Waals surface area contributed by atoms with Crippen LogP contribution in [0.25, 0.3) is 6.08 Å². The standard InChI is InChI=1S/C34H35FN4O/c1-37(32-16-20-36-21-17-32)31-13-10-29(11-14-31)26-39(34(40)15-12-27-8-5-9-30(35)24-27)33-18-22-38(23-19-33)25-28-6-3-2-4-7-28/h2-17,20-21,24,33H,18-19,22-23,25-26H2,1H3/b15-12+. The highest BCUT2D eigenvalue weighted by Crippen LogP contribution is 2.25. The molecule has 0 spiro atoms. The van der Waals surface area contributed by atoms with Gasteiger partial charge in [-0.3, -0.25) is 14.7 Å². The highest BCUT2D eigenvalue weighted by Gasteiger charge is 2.27. The van der Waals surface area contributed by atoms with Crippen molar-refractivity contribution in [1.82, 2.24) is 14.8 Å². The quantitative estimate of drug-likeness (QED) is 0.224. The molecule has 204 valence electrons. The number of carbonyl (C=O) groups excluding carboxylic acids is 1. The van der Waals surface area contributed by atoms with Gasteiger partial charge in [-0.15, -0.1) is 0 Å². The Hall–Kier alpha value is -4.29. The molecule has 40 heavy (non-hydrogen) atoms. The summed E-state index contributed by atoms with van der Waals surface area (Å²) in [6, 6.07) is 29.3.